The van der Waals surface area contributed by atoms with E-state index >= 15 is 0 Å². The van der Waals surface area contributed by atoms with Crippen LogP contribution in [0.2, 0.25) is 0 Å². The zero-order valence-corrected chi connectivity index (χ0v) is 28.0. The molecule has 0 aromatic heterocycles. The van der Waals surface area contributed by atoms with Crippen molar-refractivity contribution in [3.8, 4) is 30.4 Å². The summed E-state index contributed by atoms with van der Waals surface area (Å²) in [6.45, 7) is 18.2. The third kappa shape index (κ3) is 12.0. The number of rotatable bonds is 16. The second-order valence-electron chi connectivity index (χ2n) is 11.9. The van der Waals surface area contributed by atoms with Crippen molar-refractivity contribution >= 4 is 16.5 Å². The topological polar surface area (TPSA) is 49.3 Å². The first-order chi connectivity index (χ1) is 20.3. The Labute approximate surface area is 262 Å². The van der Waals surface area contributed by atoms with Crippen LogP contribution in [-0.4, -0.2) is 48.9 Å². The standard InChI is InChI=1S/C37H49NO4S/c1-12-33(41-26-31(6)39-22-21-30(5)40-27-32-17-15-14-16-18-32)25-38-24-29(4)35(13-2)36-23-34(20-19-28(36)3)42-43(10,11)37(7,8)9/h1-2,14-20,23-25,30-31,35H,4,21-22,26-27H2,3,5-11H3/b33-25+,38-24?/t30-,31+,35?/m1/s1. The number of aryl methyl sites for hydroxylation is 1. The first kappa shape index (κ1) is 35.8. The van der Waals surface area contributed by atoms with E-state index < -0.39 is 10.3 Å². The highest BCUT2D eigenvalue weighted by molar-refractivity contribution is 8.30. The van der Waals surface area contributed by atoms with Gasteiger partial charge in [0.05, 0.1) is 30.9 Å². The number of terminal acetylenes is 2. The Morgan fingerprint density at radius 2 is 1.74 bits per heavy atom. The van der Waals surface area contributed by atoms with Gasteiger partial charge in [-0.1, -0.05) is 59.2 Å². The van der Waals surface area contributed by atoms with Crippen LogP contribution < -0.4 is 4.18 Å². The first-order valence-electron chi connectivity index (χ1n) is 14.5. The van der Waals surface area contributed by atoms with Crippen molar-refractivity contribution in [1.29, 1.82) is 0 Å². The van der Waals surface area contributed by atoms with Crippen LogP contribution in [0.25, 0.3) is 0 Å². The molecule has 3 atom stereocenters. The molecule has 6 heteroatoms. The zero-order chi connectivity index (χ0) is 32.0. The largest absolute Gasteiger partial charge is 0.481 e. The molecule has 0 aliphatic carbocycles. The van der Waals surface area contributed by atoms with E-state index in [2.05, 4.69) is 68.8 Å². The van der Waals surface area contributed by atoms with E-state index in [0.29, 0.717) is 31.2 Å². The van der Waals surface area contributed by atoms with E-state index in [1.807, 2.05) is 57.2 Å². The van der Waals surface area contributed by atoms with Gasteiger partial charge in [-0.2, -0.15) is 0 Å². The molecule has 0 N–H and O–H groups in total. The molecule has 2 aromatic carbocycles. The molecule has 43 heavy (non-hydrogen) atoms. The van der Waals surface area contributed by atoms with Crippen molar-refractivity contribution in [2.75, 3.05) is 25.7 Å². The molecule has 0 heterocycles. The quantitative estimate of drug-likeness (QED) is 0.110. The van der Waals surface area contributed by atoms with Gasteiger partial charge in [0.15, 0.2) is 5.76 Å². The van der Waals surface area contributed by atoms with E-state index in [1.165, 1.54) is 6.20 Å². The fourth-order valence-electron chi connectivity index (χ4n) is 3.72. The summed E-state index contributed by atoms with van der Waals surface area (Å²) >= 11 is 0. The molecule has 0 aliphatic heterocycles. The molecule has 2 aromatic rings. The molecule has 0 fully saturated rings. The maximum absolute atomic E-state index is 6.46. The molecule has 0 radical (unpaired) electrons. The van der Waals surface area contributed by atoms with Crippen molar-refractivity contribution < 1.29 is 18.4 Å². The van der Waals surface area contributed by atoms with Crippen molar-refractivity contribution in [1.82, 2.24) is 0 Å². The molecule has 1 unspecified atom stereocenters. The monoisotopic (exact) mass is 603 g/mol. The molecular weight excluding hydrogens is 554 g/mol. The smallest absolute Gasteiger partial charge is 0.188 e. The summed E-state index contributed by atoms with van der Waals surface area (Å²) in [6, 6.07) is 16.2. The predicted molar refractivity (Wildman–Crippen MR) is 184 cm³/mol. The lowest BCUT2D eigenvalue weighted by atomic mass is 9.90. The highest BCUT2D eigenvalue weighted by Crippen LogP contribution is 2.53. The van der Waals surface area contributed by atoms with E-state index in [-0.39, 0.29) is 22.9 Å². The third-order valence-corrected chi connectivity index (χ3v) is 10.8. The minimum atomic E-state index is -1.35. The second-order valence-corrected chi connectivity index (χ2v) is 15.8. The lowest BCUT2D eigenvalue weighted by Crippen LogP contribution is -2.27. The van der Waals surface area contributed by atoms with Crippen LogP contribution in [0, 0.1) is 31.6 Å². The molecule has 0 saturated heterocycles. The molecule has 232 valence electrons. The average molecular weight is 604 g/mol. The lowest BCUT2D eigenvalue weighted by molar-refractivity contribution is -0.0156. The number of hydrogen-bond acceptors (Lipinski definition) is 5. The second kappa shape index (κ2) is 17.0. The molecule has 0 spiro atoms. The summed E-state index contributed by atoms with van der Waals surface area (Å²) in [7, 11) is -1.35. The van der Waals surface area contributed by atoms with Gasteiger partial charge >= 0.3 is 0 Å². The van der Waals surface area contributed by atoms with Crippen LogP contribution >= 0.6 is 10.3 Å². The maximum Gasteiger partial charge on any atom is 0.188 e. The Kier molecular flexibility index (Phi) is 14.2. The number of benzene rings is 2. The Bertz CT molecular complexity index is 1330. The van der Waals surface area contributed by atoms with E-state index in [9.17, 15) is 0 Å². The van der Waals surface area contributed by atoms with Gasteiger partial charge in [-0.3, -0.25) is 4.99 Å². The third-order valence-electron chi connectivity index (χ3n) is 7.23. The first-order valence-corrected chi connectivity index (χ1v) is 16.9. The number of hydrogen-bond donors (Lipinski definition) is 0. The number of allylic oxidation sites excluding steroid dienone is 2. The van der Waals surface area contributed by atoms with Crippen LogP contribution in [0.3, 0.4) is 0 Å². The number of nitrogens with zero attached hydrogens (tertiary/aromatic N) is 1. The van der Waals surface area contributed by atoms with Gasteiger partial charge in [-0.25, -0.2) is 0 Å². The lowest BCUT2D eigenvalue weighted by Gasteiger charge is -2.43. The Morgan fingerprint density at radius 3 is 2.37 bits per heavy atom. The van der Waals surface area contributed by atoms with Crippen LogP contribution in [0.15, 0.2) is 77.6 Å². The summed E-state index contributed by atoms with van der Waals surface area (Å²) in [5, 5.41) is 0. The van der Waals surface area contributed by atoms with Gasteiger partial charge in [0, 0.05) is 17.6 Å². The molecule has 2 rings (SSSR count). The fourth-order valence-corrected chi connectivity index (χ4v) is 4.56. The van der Waals surface area contributed by atoms with Gasteiger partial charge in [0.1, 0.15) is 12.4 Å². The fraction of sp³-hybridized carbons (Fsp3) is 0.432. The Hall–Kier alpha value is -3.42. The van der Waals surface area contributed by atoms with Crippen molar-refractivity contribution in [2.45, 2.75) is 77.4 Å². The molecule has 0 amide bonds. The highest BCUT2D eigenvalue weighted by Gasteiger charge is 2.30. The summed E-state index contributed by atoms with van der Waals surface area (Å²) in [6.07, 6.45) is 19.8. The minimum absolute atomic E-state index is 0.0308. The summed E-state index contributed by atoms with van der Waals surface area (Å²) in [5.74, 6) is 6.12. The summed E-state index contributed by atoms with van der Waals surface area (Å²) in [4.78, 5) is 4.36. The van der Waals surface area contributed by atoms with Crippen LogP contribution in [0.4, 0.5) is 0 Å². The van der Waals surface area contributed by atoms with E-state index in [1.54, 1.807) is 6.21 Å². The van der Waals surface area contributed by atoms with E-state index in [0.717, 1.165) is 28.9 Å². The average Bonchev–Trinajstić information content (AvgIpc) is 2.95. The highest BCUT2D eigenvalue weighted by atomic mass is 32.3. The van der Waals surface area contributed by atoms with Crippen LogP contribution in [-0.2, 0) is 20.8 Å². The zero-order valence-electron chi connectivity index (χ0n) is 27.2. The Balaban J connectivity index is 1.89. The SMILES string of the molecule is C#C/C(=C\N=CC(=C)C(C#C)c1cc(OS(C)(C)C(C)(C)C)ccc1C)OC[C@H](C)OCC[C@@H](C)OCc1ccccc1. The molecule has 0 bridgehead atoms. The van der Waals surface area contributed by atoms with Crippen molar-refractivity contribution in [2.24, 2.45) is 4.99 Å². The normalized spacial score (nSPS) is 14.8. The summed E-state index contributed by atoms with van der Waals surface area (Å²) in [5.41, 5.74) is 3.84. The van der Waals surface area contributed by atoms with Gasteiger partial charge in [-0.15, -0.1) is 12.8 Å². The number of aliphatic imine (C=N–C) groups is 1. The van der Waals surface area contributed by atoms with Gasteiger partial charge in [0.25, 0.3) is 0 Å². The predicted octanol–water partition coefficient (Wildman–Crippen LogP) is 8.39. The summed E-state index contributed by atoms with van der Waals surface area (Å²) < 4.78 is 24.0. The number of ether oxygens (including phenoxy) is 3. The van der Waals surface area contributed by atoms with Gasteiger partial charge in [0.2, 0.25) is 0 Å². The molecular formula is C37H49NO4S. The molecule has 0 aliphatic rings. The van der Waals surface area contributed by atoms with Crippen LogP contribution in [0.1, 0.15) is 63.6 Å². The van der Waals surface area contributed by atoms with Crippen molar-refractivity contribution in [3.05, 3.63) is 89.3 Å². The van der Waals surface area contributed by atoms with Gasteiger partial charge < -0.3 is 18.4 Å². The molecule has 0 saturated carbocycles. The minimum Gasteiger partial charge on any atom is -0.481 e. The Morgan fingerprint density at radius 1 is 1.05 bits per heavy atom. The van der Waals surface area contributed by atoms with Gasteiger partial charge in [-0.05, 0) is 101 Å². The van der Waals surface area contributed by atoms with Crippen molar-refractivity contribution in [3.63, 3.8) is 0 Å². The molecule has 5 nitrogen and oxygen atoms in total. The van der Waals surface area contributed by atoms with Crippen LogP contribution in [0.5, 0.6) is 5.75 Å². The van der Waals surface area contributed by atoms with E-state index in [4.69, 9.17) is 31.2 Å². The maximum atomic E-state index is 6.46.